The first-order valence-electron chi connectivity index (χ1n) is 12.7. The third-order valence-electron chi connectivity index (χ3n) is 7.34. The van der Waals surface area contributed by atoms with E-state index in [2.05, 4.69) is 60.6 Å². The maximum absolute atomic E-state index is 2.65. The molecule has 2 heteroatoms. The Kier molecular flexibility index (Phi) is 8.16. The van der Waals surface area contributed by atoms with Crippen LogP contribution >= 0.6 is 15.8 Å². The zero-order valence-electron chi connectivity index (χ0n) is 20.6. The lowest BCUT2D eigenvalue weighted by Crippen LogP contribution is -2.27. The van der Waals surface area contributed by atoms with Gasteiger partial charge in [-0.2, -0.15) is 0 Å². The molecule has 0 aromatic rings. The minimum absolute atomic E-state index is 0.0240. The Hall–Kier alpha value is 0.340. The van der Waals surface area contributed by atoms with E-state index in [1.54, 1.807) is 0 Å². The van der Waals surface area contributed by atoms with Crippen molar-refractivity contribution in [3.63, 3.8) is 0 Å². The van der Waals surface area contributed by atoms with Crippen molar-refractivity contribution in [2.45, 2.75) is 141 Å². The quantitative estimate of drug-likeness (QED) is 0.378. The molecule has 0 spiro atoms. The summed E-state index contributed by atoms with van der Waals surface area (Å²) in [5.41, 5.74) is 2.05. The van der Waals surface area contributed by atoms with E-state index >= 15 is 0 Å². The van der Waals surface area contributed by atoms with Gasteiger partial charge in [0, 0.05) is 5.92 Å². The van der Waals surface area contributed by atoms with E-state index in [9.17, 15) is 0 Å². The average Bonchev–Trinajstić information content (AvgIpc) is 3.04. The maximum Gasteiger partial charge on any atom is 0.00296 e. The summed E-state index contributed by atoms with van der Waals surface area (Å²) < 4.78 is 0. The van der Waals surface area contributed by atoms with E-state index < -0.39 is 0 Å². The zero-order valence-corrected chi connectivity index (χ0v) is 22.3. The topological polar surface area (TPSA) is 0 Å². The number of rotatable bonds is 5. The lowest BCUT2D eigenvalue weighted by molar-refractivity contribution is 0.484. The molecule has 0 bridgehead atoms. The second kappa shape index (κ2) is 9.86. The standard InChI is InChI=1S/C27H48P2/c1-8-21-19-20-24(29(26(2,3)4)27(5,6)7)25(21)28(22-15-11-9-12-16-22)23-17-13-10-14-18-23/h19-23H,8-18H2,1-7H3. The van der Waals surface area contributed by atoms with Crippen LogP contribution in [-0.2, 0) is 0 Å². The van der Waals surface area contributed by atoms with Crippen molar-refractivity contribution in [3.8, 4) is 0 Å². The summed E-state index contributed by atoms with van der Waals surface area (Å²) >= 11 is 0. The van der Waals surface area contributed by atoms with Crippen LogP contribution in [0, 0.1) is 5.92 Å². The molecule has 1 unspecified atom stereocenters. The molecule has 2 fully saturated rings. The fourth-order valence-electron chi connectivity index (χ4n) is 6.55. The summed E-state index contributed by atoms with van der Waals surface area (Å²) in [4.78, 5) is 0. The fourth-order valence-corrected chi connectivity index (χ4v) is 15.5. The Morgan fingerprint density at radius 3 is 1.59 bits per heavy atom. The molecule has 0 aromatic carbocycles. The first-order valence-corrected chi connectivity index (χ1v) is 15.5. The zero-order chi connectivity index (χ0) is 21.2. The van der Waals surface area contributed by atoms with Crippen molar-refractivity contribution >= 4 is 15.8 Å². The lowest BCUT2D eigenvalue weighted by atomic mass is 9.99. The Labute approximate surface area is 185 Å². The molecule has 3 aliphatic rings. The van der Waals surface area contributed by atoms with Crippen molar-refractivity contribution in [2.75, 3.05) is 0 Å². The Morgan fingerprint density at radius 1 is 0.759 bits per heavy atom. The molecular formula is C27H48P2. The minimum atomic E-state index is -0.181. The fraction of sp³-hybridized carbons (Fsp3) is 0.852. The third-order valence-corrected chi connectivity index (χ3v) is 14.8. The molecule has 0 N–H and O–H groups in total. The van der Waals surface area contributed by atoms with E-state index in [1.165, 1.54) is 70.6 Å². The van der Waals surface area contributed by atoms with Gasteiger partial charge in [0.25, 0.3) is 0 Å². The van der Waals surface area contributed by atoms with Gasteiger partial charge in [0.2, 0.25) is 0 Å². The molecule has 3 rings (SSSR count). The Balaban J connectivity index is 2.10. The number of allylic oxidation sites excluding steroid dienone is 4. The van der Waals surface area contributed by atoms with Crippen molar-refractivity contribution in [3.05, 3.63) is 22.8 Å². The van der Waals surface area contributed by atoms with Gasteiger partial charge in [0.15, 0.2) is 0 Å². The van der Waals surface area contributed by atoms with Crippen LogP contribution in [0.25, 0.3) is 0 Å². The van der Waals surface area contributed by atoms with Crippen molar-refractivity contribution in [1.29, 1.82) is 0 Å². The molecule has 166 valence electrons. The van der Waals surface area contributed by atoms with Crippen LogP contribution in [0.5, 0.6) is 0 Å². The summed E-state index contributed by atoms with van der Waals surface area (Å²) in [5, 5.41) is 4.62. The van der Waals surface area contributed by atoms with Crippen LogP contribution in [-0.4, -0.2) is 21.6 Å². The Bertz CT molecular complexity index is 557. The summed E-state index contributed by atoms with van der Waals surface area (Å²) in [7, 11) is -0.157. The van der Waals surface area contributed by atoms with Gasteiger partial charge in [-0.15, -0.1) is 0 Å². The predicted octanol–water partition coefficient (Wildman–Crippen LogP) is 10.0. The molecule has 0 amide bonds. The molecule has 1 atom stereocenters. The van der Waals surface area contributed by atoms with Gasteiger partial charge in [0.1, 0.15) is 0 Å². The predicted molar refractivity (Wildman–Crippen MR) is 137 cm³/mol. The highest BCUT2D eigenvalue weighted by molar-refractivity contribution is 7.68. The van der Waals surface area contributed by atoms with Crippen molar-refractivity contribution in [1.82, 2.24) is 0 Å². The molecular weight excluding hydrogens is 386 g/mol. The Morgan fingerprint density at radius 2 is 1.21 bits per heavy atom. The number of hydrogen-bond acceptors (Lipinski definition) is 0. The molecule has 0 heterocycles. The summed E-state index contributed by atoms with van der Waals surface area (Å²) in [6, 6.07) is 0. The molecule has 0 saturated heterocycles. The van der Waals surface area contributed by atoms with Crippen LogP contribution in [0.2, 0.25) is 0 Å². The maximum atomic E-state index is 2.65. The highest BCUT2D eigenvalue weighted by Gasteiger charge is 2.43. The summed E-state index contributed by atoms with van der Waals surface area (Å²) in [6.45, 7) is 17.6. The number of hydrogen-bond donors (Lipinski definition) is 0. The van der Waals surface area contributed by atoms with Crippen LogP contribution < -0.4 is 0 Å². The van der Waals surface area contributed by atoms with Crippen molar-refractivity contribution in [2.24, 2.45) is 5.92 Å². The van der Waals surface area contributed by atoms with Gasteiger partial charge >= 0.3 is 0 Å². The highest BCUT2D eigenvalue weighted by Crippen LogP contribution is 2.73. The van der Waals surface area contributed by atoms with E-state index in [-0.39, 0.29) is 15.8 Å². The third kappa shape index (κ3) is 5.58. The first kappa shape index (κ1) is 24.0. The van der Waals surface area contributed by atoms with Gasteiger partial charge < -0.3 is 0 Å². The van der Waals surface area contributed by atoms with Gasteiger partial charge in [0.05, 0.1) is 0 Å². The second-order valence-corrected chi connectivity index (χ2v) is 18.4. The van der Waals surface area contributed by atoms with E-state index in [0.29, 0.717) is 10.3 Å². The van der Waals surface area contributed by atoms with E-state index in [4.69, 9.17) is 0 Å². The molecule has 3 aliphatic carbocycles. The van der Waals surface area contributed by atoms with Crippen LogP contribution in [0.4, 0.5) is 0 Å². The molecule has 29 heavy (non-hydrogen) atoms. The first-order chi connectivity index (χ1) is 13.6. The largest absolute Gasteiger partial charge is 0.0763 e. The monoisotopic (exact) mass is 434 g/mol. The second-order valence-electron chi connectivity index (χ2n) is 11.8. The van der Waals surface area contributed by atoms with Gasteiger partial charge in [-0.3, -0.25) is 0 Å². The van der Waals surface area contributed by atoms with Gasteiger partial charge in [-0.1, -0.05) is 115 Å². The smallest absolute Gasteiger partial charge is 0.00296 e. The summed E-state index contributed by atoms with van der Waals surface area (Å²) in [5.74, 6) is 0.745. The van der Waals surface area contributed by atoms with Crippen LogP contribution in [0.1, 0.15) is 119 Å². The van der Waals surface area contributed by atoms with Crippen LogP contribution in [0.3, 0.4) is 0 Å². The SMILES string of the molecule is CCC1C=CC(P(C(C)(C)C)C(C)(C)C)=C1P(C1CCCCC1)C1CCCCC1. The lowest BCUT2D eigenvalue weighted by Gasteiger charge is -2.46. The molecule has 0 aromatic heterocycles. The normalized spacial score (nSPS) is 25.6. The van der Waals surface area contributed by atoms with Crippen LogP contribution in [0.15, 0.2) is 22.8 Å². The summed E-state index contributed by atoms with van der Waals surface area (Å²) in [6.07, 6.45) is 21.7. The molecule has 0 radical (unpaired) electrons. The average molecular weight is 435 g/mol. The highest BCUT2D eigenvalue weighted by atomic mass is 31.1. The molecule has 0 nitrogen and oxygen atoms in total. The molecule has 2 saturated carbocycles. The van der Waals surface area contributed by atoms with Gasteiger partial charge in [-0.25, -0.2) is 0 Å². The van der Waals surface area contributed by atoms with E-state index in [1.807, 2.05) is 10.6 Å². The van der Waals surface area contributed by atoms with E-state index in [0.717, 1.165) is 17.2 Å². The van der Waals surface area contributed by atoms with Gasteiger partial charge in [-0.05, 0) is 64.4 Å². The van der Waals surface area contributed by atoms with Crippen molar-refractivity contribution < 1.29 is 0 Å². The molecule has 0 aliphatic heterocycles. The minimum Gasteiger partial charge on any atom is -0.0763 e.